The van der Waals surface area contributed by atoms with E-state index >= 15 is 0 Å². The van der Waals surface area contributed by atoms with E-state index in [1.165, 1.54) is 5.56 Å². The van der Waals surface area contributed by atoms with Gasteiger partial charge in [0.1, 0.15) is 0 Å². The number of nitrogens with two attached hydrogens (primary N) is 2. The van der Waals surface area contributed by atoms with Gasteiger partial charge in [0.2, 0.25) is 0 Å². The standard InChI is InChI=1S/C10H14N2S/c11-8-3-7(4-8)6-1-2-9(12)10(13)5-6/h1-2,5,7-8,13H,3-4,11-12H2. The molecule has 0 amide bonds. The molecule has 0 unspecified atom stereocenters. The Hall–Kier alpha value is -0.670. The highest BCUT2D eigenvalue weighted by Crippen LogP contribution is 2.37. The Morgan fingerprint density at radius 2 is 2.00 bits per heavy atom. The van der Waals surface area contributed by atoms with E-state index in [1.54, 1.807) is 0 Å². The van der Waals surface area contributed by atoms with Crippen LogP contribution in [0.1, 0.15) is 24.3 Å². The predicted octanol–water partition coefficient (Wildman–Crippen LogP) is 1.76. The van der Waals surface area contributed by atoms with Crippen molar-refractivity contribution < 1.29 is 0 Å². The van der Waals surface area contributed by atoms with Crippen LogP contribution in [0.4, 0.5) is 5.69 Å². The minimum absolute atomic E-state index is 0.394. The summed E-state index contributed by atoms with van der Waals surface area (Å²) in [6.45, 7) is 0. The number of hydrogen-bond donors (Lipinski definition) is 3. The van der Waals surface area contributed by atoms with Crippen molar-refractivity contribution >= 4 is 18.3 Å². The van der Waals surface area contributed by atoms with Crippen LogP contribution in [0, 0.1) is 0 Å². The number of anilines is 1. The maximum atomic E-state index is 5.73. The molecule has 4 N–H and O–H groups in total. The number of hydrogen-bond acceptors (Lipinski definition) is 3. The van der Waals surface area contributed by atoms with Gasteiger partial charge < -0.3 is 11.5 Å². The summed E-state index contributed by atoms with van der Waals surface area (Å²) in [6.07, 6.45) is 2.19. The molecule has 0 spiro atoms. The van der Waals surface area contributed by atoms with E-state index < -0.39 is 0 Å². The van der Waals surface area contributed by atoms with Gasteiger partial charge in [-0.15, -0.1) is 12.6 Å². The molecule has 2 rings (SSSR count). The van der Waals surface area contributed by atoms with Gasteiger partial charge in [0.15, 0.2) is 0 Å². The molecule has 0 aromatic heterocycles. The molecule has 3 heteroatoms. The van der Waals surface area contributed by atoms with Gasteiger partial charge in [-0.3, -0.25) is 0 Å². The number of thiol groups is 1. The molecular formula is C10H14N2S. The molecule has 0 bridgehead atoms. The molecule has 1 aromatic carbocycles. The molecule has 70 valence electrons. The van der Waals surface area contributed by atoms with Crippen molar-refractivity contribution in [2.75, 3.05) is 5.73 Å². The van der Waals surface area contributed by atoms with Crippen LogP contribution in [-0.2, 0) is 0 Å². The second-order valence-electron chi connectivity index (χ2n) is 3.75. The first-order valence-corrected chi connectivity index (χ1v) is 4.95. The largest absolute Gasteiger partial charge is 0.398 e. The molecule has 0 heterocycles. The van der Waals surface area contributed by atoms with Gasteiger partial charge in [-0.2, -0.15) is 0 Å². The molecule has 1 saturated carbocycles. The van der Waals surface area contributed by atoms with Gasteiger partial charge in [0.05, 0.1) is 0 Å². The zero-order valence-electron chi connectivity index (χ0n) is 7.40. The lowest BCUT2D eigenvalue weighted by atomic mass is 9.76. The molecule has 13 heavy (non-hydrogen) atoms. The molecule has 1 aliphatic carbocycles. The lowest BCUT2D eigenvalue weighted by Gasteiger charge is -2.33. The van der Waals surface area contributed by atoms with Crippen LogP contribution in [0.3, 0.4) is 0 Å². The minimum Gasteiger partial charge on any atom is -0.398 e. The van der Waals surface area contributed by atoms with Gasteiger partial charge in [-0.25, -0.2) is 0 Å². The second kappa shape index (κ2) is 3.24. The lowest BCUT2D eigenvalue weighted by Crippen LogP contribution is -2.34. The van der Waals surface area contributed by atoms with E-state index in [2.05, 4.69) is 24.8 Å². The third-order valence-electron chi connectivity index (χ3n) is 2.70. The van der Waals surface area contributed by atoms with Crippen molar-refractivity contribution in [3.05, 3.63) is 23.8 Å². The maximum Gasteiger partial charge on any atom is 0.0449 e. The van der Waals surface area contributed by atoms with Crippen molar-refractivity contribution in [2.24, 2.45) is 5.73 Å². The Balaban J connectivity index is 2.18. The summed E-state index contributed by atoms with van der Waals surface area (Å²) in [5.74, 6) is 0.626. The lowest BCUT2D eigenvalue weighted by molar-refractivity contribution is 0.351. The first-order valence-electron chi connectivity index (χ1n) is 4.51. The van der Waals surface area contributed by atoms with Gasteiger partial charge in [-0.1, -0.05) is 6.07 Å². The van der Waals surface area contributed by atoms with Crippen LogP contribution >= 0.6 is 12.6 Å². The second-order valence-corrected chi connectivity index (χ2v) is 4.23. The molecule has 2 nitrogen and oxygen atoms in total. The van der Waals surface area contributed by atoms with E-state index in [0.717, 1.165) is 23.4 Å². The Bertz CT molecular complexity index is 319. The van der Waals surface area contributed by atoms with Crippen LogP contribution in [-0.4, -0.2) is 6.04 Å². The minimum atomic E-state index is 0.394. The van der Waals surface area contributed by atoms with E-state index in [1.807, 2.05) is 6.07 Å². The Labute approximate surface area is 83.7 Å². The quantitative estimate of drug-likeness (QED) is 0.471. The fourth-order valence-electron chi connectivity index (χ4n) is 1.75. The summed E-state index contributed by atoms with van der Waals surface area (Å²) in [4.78, 5) is 0.873. The highest BCUT2D eigenvalue weighted by molar-refractivity contribution is 7.80. The summed E-state index contributed by atoms with van der Waals surface area (Å²) in [6, 6.07) is 6.44. The molecule has 0 radical (unpaired) electrons. The summed E-state index contributed by atoms with van der Waals surface area (Å²) in [7, 11) is 0. The zero-order valence-corrected chi connectivity index (χ0v) is 8.30. The summed E-state index contributed by atoms with van der Waals surface area (Å²) >= 11 is 4.29. The van der Waals surface area contributed by atoms with Crippen molar-refractivity contribution in [1.29, 1.82) is 0 Å². The Morgan fingerprint density at radius 1 is 1.31 bits per heavy atom. The number of benzene rings is 1. The average Bonchev–Trinajstić information content (AvgIpc) is 2.05. The van der Waals surface area contributed by atoms with E-state index in [9.17, 15) is 0 Å². The van der Waals surface area contributed by atoms with Crippen LogP contribution in [0.2, 0.25) is 0 Å². The highest BCUT2D eigenvalue weighted by Gasteiger charge is 2.27. The normalized spacial score (nSPS) is 26.9. The van der Waals surface area contributed by atoms with E-state index in [-0.39, 0.29) is 0 Å². The summed E-state index contributed by atoms with van der Waals surface area (Å²) < 4.78 is 0. The average molecular weight is 194 g/mol. The molecule has 1 fully saturated rings. The topological polar surface area (TPSA) is 52.0 Å². The van der Waals surface area contributed by atoms with E-state index in [0.29, 0.717) is 12.0 Å². The third-order valence-corrected chi connectivity index (χ3v) is 3.09. The SMILES string of the molecule is Nc1ccc(C2CC(N)C2)cc1S. The summed E-state index contributed by atoms with van der Waals surface area (Å²) in [5.41, 5.74) is 13.5. The van der Waals surface area contributed by atoms with Crippen LogP contribution in [0.5, 0.6) is 0 Å². The molecule has 1 aliphatic rings. The van der Waals surface area contributed by atoms with Crippen molar-refractivity contribution in [3.63, 3.8) is 0 Å². The number of nitrogen functional groups attached to an aromatic ring is 1. The monoisotopic (exact) mass is 194 g/mol. The third kappa shape index (κ3) is 1.67. The van der Waals surface area contributed by atoms with Crippen molar-refractivity contribution in [2.45, 2.75) is 29.7 Å². The first-order chi connectivity index (χ1) is 6.16. The molecule has 1 aromatic rings. The molecule has 0 atom stereocenters. The number of rotatable bonds is 1. The van der Waals surface area contributed by atoms with Crippen molar-refractivity contribution in [3.8, 4) is 0 Å². The fraction of sp³-hybridized carbons (Fsp3) is 0.400. The van der Waals surface area contributed by atoms with E-state index in [4.69, 9.17) is 11.5 Å². The first kappa shape index (κ1) is 8.91. The van der Waals surface area contributed by atoms with Gasteiger partial charge >= 0.3 is 0 Å². The smallest absolute Gasteiger partial charge is 0.0449 e. The van der Waals surface area contributed by atoms with Gasteiger partial charge in [0, 0.05) is 16.6 Å². The molecule has 0 aliphatic heterocycles. The zero-order chi connectivity index (χ0) is 9.42. The molecular weight excluding hydrogens is 180 g/mol. The Morgan fingerprint density at radius 3 is 2.54 bits per heavy atom. The predicted molar refractivity (Wildman–Crippen MR) is 58.1 cm³/mol. The van der Waals surface area contributed by atoms with Gasteiger partial charge in [-0.05, 0) is 36.5 Å². The summed E-state index contributed by atoms with van der Waals surface area (Å²) in [5, 5.41) is 0. The van der Waals surface area contributed by atoms with Crippen molar-refractivity contribution in [1.82, 2.24) is 0 Å². The van der Waals surface area contributed by atoms with Crippen LogP contribution < -0.4 is 11.5 Å². The van der Waals surface area contributed by atoms with Crippen LogP contribution in [0.15, 0.2) is 23.1 Å². The highest BCUT2D eigenvalue weighted by atomic mass is 32.1. The Kier molecular flexibility index (Phi) is 2.22. The van der Waals surface area contributed by atoms with Crippen LogP contribution in [0.25, 0.3) is 0 Å². The maximum absolute atomic E-state index is 5.73. The van der Waals surface area contributed by atoms with Gasteiger partial charge in [0.25, 0.3) is 0 Å². The molecule has 0 saturated heterocycles. The fourth-order valence-corrected chi connectivity index (χ4v) is 1.97.